The molecule has 9 aliphatic carbocycles. The molecule has 0 saturated heterocycles. The molecule has 9 rings (SSSR count). The summed E-state index contributed by atoms with van der Waals surface area (Å²) in [4.78, 5) is 0. The van der Waals surface area contributed by atoms with Gasteiger partial charge in [-0.15, -0.1) is 0 Å². The van der Waals surface area contributed by atoms with Gasteiger partial charge in [-0.1, -0.05) is 39.5 Å². The maximum atomic E-state index is 2.43. The van der Waals surface area contributed by atoms with Gasteiger partial charge in [0, 0.05) is 0 Å². The van der Waals surface area contributed by atoms with E-state index in [0.717, 1.165) is 71.0 Å². The van der Waals surface area contributed by atoms with Gasteiger partial charge in [0.1, 0.15) is 0 Å². The van der Waals surface area contributed by atoms with Gasteiger partial charge in [-0.3, -0.25) is 0 Å². The first-order valence-electron chi connectivity index (χ1n) is 16.8. The highest BCUT2D eigenvalue weighted by Gasteiger charge is 2.51. The van der Waals surface area contributed by atoms with Crippen LogP contribution in [0.4, 0.5) is 0 Å². The molecule has 0 nitrogen and oxygen atoms in total. The summed E-state index contributed by atoms with van der Waals surface area (Å²) in [5.74, 6) is 13.5. The largest absolute Gasteiger partial charge is 0.0654 e. The number of rotatable bonds is 10. The van der Waals surface area contributed by atoms with E-state index in [1.807, 2.05) is 0 Å². The van der Waals surface area contributed by atoms with E-state index in [1.165, 1.54) is 25.7 Å². The van der Waals surface area contributed by atoms with Crippen LogP contribution in [0.5, 0.6) is 0 Å². The highest BCUT2D eigenvalue weighted by atomic mass is 14.6. The lowest BCUT2D eigenvalue weighted by Crippen LogP contribution is -2.48. The molecule has 0 aromatic heterocycles. The summed E-state index contributed by atoms with van der Waals surface area (Å²) < 4.78 is 0. The average Bonchev–Trinajstić information content (AvgIpc) is 2.90. The minimum Gasteiger partial charge on any atom is -0.0654 e. The molecule has 6 atom stereocenters. The Morgan fingerprint density at radius 3 is 0.853 bits per heavy atom. The summed E-state index contributed by atoms with van der Waals surface area (Å²) in [7, 11) is 0. The first-order valence-corrected chi connectivity index (χ1v) is 16.8. The molecule has 9 saturated carbocycles. The van der Waals surface area contributed by atoms with E-state index in [-0.39, 0.29) is 0 Å². The minimum absolute atomic E-state index is 1.12. The summed E-state index contributed by atoms with van der Waals surface area (Å²) in [5.41, 5.74) is 0. The van der Waals surface area contributed by atoms with Crippen LogP contribution in [0.3, 0.4) is 0 Å². The third kappa shape index (κ3) is 4.57. The highest BCUT2D eigenvalue weighted by Crippen LogP contribution is 2.60. The second kappa shape index (κ2) is 10.8. The average molecular weight is 467 g/mol. The molecule has 0 heteroatoms. The van der Waals surface area contributed by atoms with Crippen LogP contribution in [-0.4, -0.2) is 0 Å². The van der Waals surface area contributed by atoms with E-state index in [4.69, 9.17) is 0 Å². The van der Waals surface area contributed by atoms with Gasteiger partial charge in [0.25, 0.3) is 0 Å². The molecule has 6 unspecified atom stereocenters. The lowest BCUT2D eigenvalue weighted by atomic mass is 9.48. The van der Waals surface area contributed by atoms with Crippen molar-refractivity contribution in [3.8, 4) is 0 Å². The van der Waals surface area contributed by atoms with Gasteiger partial charge >= 0.3 is 0 Å². The predicted octanol–water partition coefficient (Wildman–Crippen LogP) is 10.3. The van der Waals surface area contributed by atoms with Crippen molar-refractivity contribution >= 4 is 0 Å². The van der Waals surface area contributed by atoms with Crippen molar-refractivity contribution in [2.75, 3.05) is 0 Å². The Labute approximate surface area is 213 Å². The van der Waals surface area contributed by atoms with E-state index in [1.54, 1.807) is 103 Å². The lowest BCUT2D eigenvalue weighted by molar-refractivity contribution is -0.0704. The van der Waals surface area contributed by atoms with Crippen LogP contribution in [0.15, 0.2) is 0 Å². The second-order valence-electron chi connectivity index (χ2n) is 14.8. The molecule has 0 aromatic carbocycles. The third-order valence-corrected chi connectivity index (χ3v) is 13.6. The van der Waals surface area contributed by atoms with Crippen LogP contribution >= 0.6 is 0 Å². The van der Waals surface area contributed by atoms with E-state index < -0.39 is 0 Å². The van der Waals surface area contributed by atoms with Crippen LogP contribution < -0.4 is 0 Å². The second-order valence-corrected chi connectivity index (χ2v) is 14.8. The molecule has 0 aromatic rings. The zero-order valence-corrected chi connectivity index (χ0v) is 23.1. The highest BCUT2D eigenvalue weighted by molar-refractivity contribution is 5.01. The van der Waals surface area contributed by atoms with Crippen molar-refractivity contribution in [1.82, 2.24) is 0 Å². The molecule has 0 heterocycles. The Hall–Kier alpha value is 0. The predicted molar refractivity (Wildman–Crippen MR) is 146 cm³/mol. The van der Waals surface area contributed by atoms with Gasteiger partial charge in [0.15, 0.2) is 0 Å². The molecule has 0 radical (unpaired) electrons. The first-order chi connectivity index (χ1) is 16.8. The van der Waals surface area contributed by atoms with Crippen molar-refractivity contribution in [2.24, 2.45) is 71.0 Å². The number of unbranched alkanes of at least 4 members (excludes halogenated alkanes) is 2. The Balaban J connectivity index is 1.20. The number of fused-ring (bicyclic) bond motifs is 9. The summed E-state index contributed by atoms with van der Waals surface area (Å²) in [6.07, 6.45) is 31.6. The molecule has 0 aliphatic heterocycles. The van der Waals surface area contributed by atoms with Crippen molar-refractivity contribution in [1.29, 1.82) is 0 Å². The Kier molecular flexibility index (Phi) is 7.72. The van der Waals surface area contributed by atoms with Gasteiger partial charge in [0.2, 0.25) is 0 Å². The van der Waals surface area contributed by atoms with E-state index >= 15 is 0 Å². The van der Waals surface area contributed by atoms with E-state index in [0.29, 0.717) is 0 Å². The van der Waals surface area contributed by atoms with Gasteiger partial charge in [0.05, 0.1) is 0 Å². The van der Waals surface area contributed by atoms with Gasteiger partial charge in [-0.2, -0.15) is 0 Å². The number of hydrogen-bond acceptors (Lipinski definition) is 0. The summed E-state index contributed by atoms with van der Waals surface area (Å²) in [5, 5.41) is 0. The molecular formula is C34H58. The SMILES string of the molecule is CCCCC1C2CCC(CC2)C1CC1C2CCC(CC2)C1CC1C2CCC(CC2)C1CCCC. The monoisotopic (exact) mass is 466 g/mol. The molecule has 6 bridgehead atoms. The van der Waals surface area contributed by atoms with Crippen LogP contribution in [0, 0.1) is 71.0 Å². The van der Waals surface area contributed by atoms with Crippen LogP contribution in [0.2, 0.25) is 0 Å². The Morgan fingerprint density at radius 1 is 0.353 bits per heavy atom. The number of hydrogen-bond donors (Lipinski definition) is 0. The van der Waals surface area contributed by atoms with Gasteiger partial charge in [-0.25, -0.2) is 0 Å². The first kappa shape index (κ1) is 24.3. The zero-order chi connectivity index (χ0) is 23.1. The summed E-state index contributed by atoms with van der Waals surface area (Å²) in [6.45, 7) is 4.86. The molecule has 0 spiro atoms. The molecule has 194 valence electrons. The zero-order valence-electron chi connectivity index (χ0n) is 23.1. The smallest absolute Gasteiger partial charge is 0.0352 e. The summed E-state index contributed by atoms with van der Waals surface area (Å²) >= 11 is 0. The molecule has 9 aliphatic rings. The van der Waals surface area contributed by atoms with Crippen molar-refractivity contribution in [3.05, 3.63) is 0 Å². The Morgan fingerprint density at radius 2 is 0.588 bits per heavy atom. The third-order valence-electron chi connectivity index (χ3n) is 13.6. The standard InChI is InChI=1S/C34H58/c1-3-5-7-29-23-9-13-25(14-10-23)31(29)21-33-27-17-19-28(20-18-27)34(33)22-32-26-15-11-24(12-16-26)30(32)8-6-4-2/h23-34H,3-22H2,1-2H3. The minimum atomic E-state index is 1.12. The maximum absolute atomic E-state index is 2.43. The molecule has 0 N–H and O–H groups in total. The van der Waals surface area contributed by atoms with Crippen LogP contribution in [0.25, 0.3) is 0 Å². The van der Waals surface area contributed by atoms with Crippen LogP contribution in [-0.2, 0) is 0 Å². The fraction of sp³-hybridized carbons (Fsp3) is 1.00. The molecule has 9 fully saturated rings. The normalized spacial score (nSPS) is 49.6. The molecule has 34 heavy (non-hydrogen) atoms. The molecular weight excluding hydrogens is 408 g/mol. The van der Waals surface area contributed by atoms with Crippen molar-refractivity contribution < 1.29 is 0 Å². The van der Waals surface area contributed by atoms with Gasteiger partial charge < -0.3 is 0 Å². The van der Waals surface area contributed by atoms with Gasteiger partial charge in [-0.05, 0) is 174 Å². The fourth-order valence-electron chi connectivity index (χ4n) is 12.0. The quantitative estimate of drug-likeness (QED) is 0.300. The maximum Gasteiger partial charge on any atom is -0.0352 e. The van der Waals surface area contributed by atoms with Crippen molar-refractivity contribution in [3.63, 3.8) is 0 Å². The summed E-state index contributed by atoms with van der Waals surface area (Å²) in [6, 6.07) is 0. The van der Waals surface area contributed by atoms with E-state index in [2.05, 4.69) is 13.8 Å². The topological polar surface area (TPSA) is 0 Å². The lowest BCUT2D eigenvalue weighted by Gasteiger charge is -2.57. The molecule has 0 amide bonds. The van der Waals surface area contributed by atoms with Crippen LogP contribution in [0.1, 0.15) is 142 Å². The van der Waals surface area contributed by atoms with Crippen molar-refractivity contribution in [2.45, 2.75) is 142 Å². The Bertz CT molecular complexity index is 570. The fourth-order valence-corrected chi connectivity index (χ4v) is 12.0. The van der Waals surface area contributed by atoms with E-state index in [9.17, 15) is 0 Å².